The van der Waals surface area contributed by atoms with Crippen molar-refractivity contribution in [3.05, 3.63) is 42.4 Å². The molecule has 5 heteroatoms. The van der Waals surface area contributed by atoms with E-state index in [4.69, 9.17) is 5.73 Å². The number of hydrogen-bond donors (Lipinski definition) is 1. The van der Waals surface area contributed by atoms with Crippen molar-refractivity contribution in [1.82, 2.24) is 19.6 Å². The van der Waals surface area contributed by atoms with Crippen molar-refractivity contribution in [1.29, 1.82) is 0 Å². The number of fused-ring (bicyclic) bond motifs is 1. The molecule has 0 aliphatic carbocycles. The number of aryl methyl sites for hydroxylation is 1. The molecule has 3 rings (SSSR count). The monoisotopic (exact) mass is 225 g/mol. The van der Waals surface area contributed by atoms with E-state index >= 15 is 0 Å². The van der Waals surface area contributed by atoms with Crippen LogP contribution in [0.5, 0.6) is 0 Å². The Bertz CT molecular complexity index is 686. The fourth-order valence-electron chi connectivity index (χ4n) is 1.87. The Morgan fingerprint density at radius 2 is 2.06 bits per heavy atom. The number of nitrogen functional groups attached to an aromatic ring is 1. The van der Waals surface area contributed by atoms with Crippen LogP contribution in [0.4, 0.5) is 5.69 Å². The molecule has 2 N–H and O–H groups in total. The summed E-state index contributed by atoms with van der Waals surface area (Å²) in [7, 11) is 0. The number of nitrogens with two attached hydrogens (primary N) is 1. The summed E-state index contributed by atoms with van der Waals surface area (Å²) < 4.78 is 1.86. The lowest BCUT2D eigenvalue weighted by molar-refractivity contribution is 1.07. The summed E-state index contributed by atoms with van der Waals surface area (Å²) in [4.78, 5) is 4.08. The zero-order valence-electron chi connectivity index (χ0n) is 9.33. The van der Waals surface area contributed by atoms with Gasteiger partial charge in [-0.05, 0) is 30.7 Å². The third-order valence-electron chi connectivity index (χ3n) is 2.71. The van der Waals surface area contributed by atoms with Crippen molar-refractivity contribution in [2.75, 3.05) is 5.73 Å². The van der Waals surface area contributed by atoms with E-state index in [2.05, 4.69) is 15.2 Å². The smallest absolute Gasteiger partial charge is 0.169 e. The maximum atomic E-state index is 5.74. The molecule has 2 heterocycles. The van der Waals surface area contributed by atoms with E-state index in [9.17, 15) is 0 Å². The number of nitrogens with zero attached hydrogens (tertiary/aromatic N) is 4. The highest BCUT2D eigenvalue weighted by Crippen LogP contribution is 2.23. The molecule has 0 atom stereocenters. The molecule has 0 spiro atoms. The summed E-state index contributed by atoms with van der Waals surface area (Å²) in [6, 6.07) is 7.56. The molecule has 5 nitrogen and oxygen atoms in total. The van der Waals surface area contributed by atoms with Crippen LogP contribution >= 0.6 is 0 Å². The lowest BCUT2D eigenvalue weighted by Crippen LogP contribution is -1.94. The Hall–Kier alpha value is -2.43. The lowest BCUT2D eigenvalue weighted by Gasteiger charge is -2.04. The predicted octanol–water partition coefficient (Wildman–Crippen LogP) is 1.68. The van der Waals surface area contributed by atoms with Crippen LogP contribution in [0.25, 0.3) is 17.0 Å². The van der Waals surface area contributed by atoms with Gasteiger partial charge in [0.1, 0.15) is 6.33 Å². The van der Waals surface area contributed by atoms with Gasteiger partial charge in [0.15, 0.2) is 11.5 Å². The standard InChI is InChI=1S/C12H11N5/c1-8-6-9(13)2-3-10(8)12-16-15-11-4-5-14-7-17(11)12/h2-7H,13H2,1H3. The minimum absolute atomic E-state index is 0.748. The average Bonchev–Trinajstić information content (AvgIpc) is 2.73. The van der Waals surface area contributed by atoms with E-state index in [1.165, 1.54) is 0 Å². The van der Waals surface area contributed by atoms with E-state index in [-0.39, 0.29) is 0 Å². The highest BCUT2D eigenvalue weighted by Gasteiger charge is 2.09. The maximum absolute atomic E-state index is 5.74. The molecule has 84 valence electrons. The van der Waals surface area contributed by atoms with Gasteiger partial charge in [-0.1, -0.05) is 0 Å². The molecule has 0 fully saturated rings. The Morgan fingerprint density at radius 3 is 2.88 bits per heavy atom. The Labute approximate surface area is 97.9 Å². The highest BCUT2D eigenvalue weighted by molar-refractivity contribution is 5.65. The van der Waals surface area contributed by atoms with Crippen molar-refractivity contribution in [2.45, 2.75) is 6.92 Å². The summed E-state index contributed by atoms with van der Waals surface area (Å²) >= 11 is 0. The van der Waals surface area contributed by atoms with Gasteiger partial charge >= 0.3 is 0 Å². The van der Waals surface area contributed by atoms with Crippen LogP contribution < -0.4 is 5.73 Å². The third-order valence-corrected chi connectivity index (χ3v) is 2.71. The van der Waals surface area contributed by atoms with Gasteiger partial charge in [0, 0.05) is 23.5 Å². The van der Waals surface area contributed by atoms with Gasteiger partial charge in [-0.3, -0.25) is 4.40 Å². The maximum Gasteiger partial charge on any atom is 0.169 e. The van der Waals surface area contributed by atoms with E-state index in [1.54, 1.807) is 12.5 Å². The zero-order chi connectivity index (χ0) is 11.8. The molecular formula is C12H11N5. The largest absolute Gasteiger partial charge is 0.399 e. The number of hydrogen-bond acceptors (Lipinski definition) is 4. The van der Waals surface area contributed by atoms with Gasteiger partial charge < -0.3 is 5.73 Å². The van der Waals surface area contributed by atoms with Crippen LogP contribution in [0.1, 0.15) is 5.56 Å². The van der Waals surface area contributed by atoms with Crippen molar-refractivity contribution < 1.29 is 0 Å². The van der Waals surface area contributed by atoms with E-state index in [0.29, 0.717) is 0 Å². The predicted molar refractivity (Wildman–Crippen MR) is 65.4 cm³/mol. The van der Waals surface area contributed by atoms with Crippen LogP contribution in [0.3, 0.4) is 0 Å². The van der Waals surface area contributed by atoms with Crippen molar-refractivity contribution >= 4 is 11.3 Å². The van der Waals surface area contributed by atoms with Crippen molar-refractivity contribution in [3.8, 4) is 11.4 Å². The number of benzene rings is 1. The molecule has 17 heavy (non-hydrogen) atoms. The second-order valence-corrected chi connectivity index (χ2v) is 3.91. The first kappa shape index (κ1) is 9.77. The molecule has 0 saturated heterocycles. The van der Waals surface area contributed by atoms with Crippen LogP contribution in [0, 0.1) is 6.92 Å². The molecular weight excluding hydrogens is 214 g/mol. The second kappa shape index (κ2) is 3.55. The topological polar surface area (TPSA) is 69.1 Å². The Balaban J connectivity index is 2.27. The number of rotatable bonds is 1. The molecule has 0 radical (unpaired) electrons. The van der Waals surface area contributed by atoms with Crippen molar-refractivity contribution in [3.63, 3.8) is 0 Å². The first-order valence-corrected chi connectivity index (χ1v) is 5.27. The van der Waals surface area contributed by atoms with Gasteiger partial charge in [-0.15, -0.1) is 10.2 Å². The average molecular weight is 225 g/mol. The summed E-state index contributed by atoms with van der Waals surface area (Å²) in [5.41, 5.74) is 9.36. The minimum Gasteiger partial charge on any atom is -0.399 e. The second-order valence-electron chi connectivity index (χ2n) is 3.91. The quantitative estimate of drug-likeness (QED) is 0.640. The molecule has 3 aromatic rings. The van der Waals surface area contributed by atoms with Gasteiger partial charge in [-0.25, -0.2) is 4.98 Å². The number of aromatic nitrogens is 4. The zero-order valence-corrected chi connectivity index (χ0v) is 9.33. The summed E-state index contributed by atoms with van der Waals surface area (Å²) in [5, 5.41) is 8.29. The minimum atomic E-state index is 0.748. The highest BCUT2D eigenvalue weighted by atomic mass is 15.3. The molecule has 0 aliphatic heterocycles. The van der Waals surface area contributed by atoms with Gasteiger partial charge in [-0.2, -0.15) is 0 Å². The number of anilines is 1. The molecule has 0 saturated carbocycles. The summed E-state index contributed by atoms with van der Waals surface area (Å²) in [5.74, 6) is 0.783. The van der Waals surface area contributed by atoms with Crippen molar-refractivity contribution in [2.24, 2.45) is 0 Å². The van der Waals surface area contributed by atoms with E-state index < -0.39 is 0 Å². The Morgan fingerprint density at radius 1 is 1.18 bits per heavy atom. The van der Waals surface area contributed by atoms with Crippen LogP contribution in [-0.4, -0.2) is 19.6 Å². The van der Waals surface area contributed by atoms with Crippen LogP contribution in [-0.2, 0) is 0 Å². The third kappa shape index (κ3) is 1.52. The summed E-state index contributed by atoms with van der Waals surface area (Å²) in [6.45, 7) is 2.00. The van der Waals surface area contributed by atoms with E-state index in [0.717, 1.165) is 28.3 Å². The normalized spacial score (nSPS) is 10.9. The first-order chi connectivity index (χ1) is 8.25. The van der Waals surface area contributed by atoms with E-state index in [1.807, 2.05) is 35.6 Å². The Kier molecular flexibility index (Phi) is 2.04. The fraction of sp³-hybridized carbons (Fsp3) is 0.0833. The van der Waals surface area contributed by atoms with Crippen LogP contribution in [0.15, 0.2) is 36.8 Å². The van der Waals surface area contributed by atoms with Gasteiger partial charge in [0.25, 0.3) is 0 Å². The van der Waals surface area contributed by atoms with Gasteiger partial charge in [0.2, 0.25) is 0 Å². The fourth-order valence-corrected chi connectivity index (χ4v) is 1.87. The molecule has 0 unspecified atom stereocenters. The molecule has 0 bridgehead atoms. The molecule has 0 aliphatic rings. The van der Waals surface area contributed by atoms with Crippen LogP contribution in [0.2, 0.25) is 0 Å². The first-order valence-electron chi connectivity index (χ1n) is 5.27. The lowest BCUT2D eigenvalue weighted by atomic mass is 10.1. The summed E-state index contributed by atoms with van der Waals surface area (Å²) in [6.07, 6.45) is 3.41. The SMILES string of the molecule is Cc1cc(N)ccc1-c1nnc2ccncn12. The molecule has 2 aromatic heterocycles. The molecule has 1 aromatic carbocycles. The van der Waals surface area contributed by atoms with Gasteiger partial charge in [0.05, 0.1) is 0 Å². The molecule has 0 amide bonds.